The van der Waals surface area contributed by atoms with Crippen molar-refractivity contribution in [1.29, 1.82) is 0 Å². The number of hydrogen-bond donors (Lipinski definition) is 1. The minimum absolute atomic E-state index is 0.111. The molecule has 1 aliphatic carbocycles. The standard InChI is InChI=1S/C11H12F6O2/c1-9(2)5(3-6(9)8(18)19)4-7(10(12,13)14)11(15,16)17/h4-6H,3H2,1-2H3,(H,18,19). The molecule has 0 aromatic carbocycles. The van der Waals surface area contributed by atoms with Crippen LogP contribution in [0.2, 0.25) is 0 Å². The van der Waals surface area contributed by atoms with Crippen molar-refractivity contribution < 1.29 is 36.2 Å². The molecule has 2 nitrogen and oxygen atoms in total. The molecule has 0 saturated heterocycles. The Morgan fingerprint density at radius 2 is 1.58 bits per heavy atom. The van der Waals surface area contributed by atoms with Gasteiger partial charge in [-0.25, -0.2) is 0 Å². The number of hydrogen-bond acceptors (Lipinski definition) is 1. The van der Waals surface area contributed by atoms with Crippen molar-refractivity contribution in [3.8, 4) is 0 Å². The minimum atomic E-state index is -5.50. The molecule has 1 saturated carbocycles. The van der Waals surface area contributed by atoms with Gasteiger partial charge in [-0.15, -0.1) is 0 Å². The van der Waals surface area contributed by atoms with Gasteiger partial charge in [0.2, 0.25) is 0 Å². The fraction of sp³-hybridized carbons (Fsp3) is 0.727. The van der Waals surface area contributed by atoms with Crippen LogP contribution in [0.1, 0.15) is 20.3 Å². The smallest absolute Gasteiger partial charge is 0.421 e. The molecule has 0 aliphatic heterocycles. The van der Waals surface area contributed by atoms with Crippen LogP contribution in [0.15, 0.2) is 11.6 Å². The molecule has 19 heavy (non-hydrogen) atoms. The Bertz CT molecular complexity index is 388. The van der Waals surface area contributed by atoms with Crippen molar-refractivity contribution in [1.82, 2.24) is 0 Å². The van der Waals surface area contributed by atoms with Gasteiger partial charge in [-0.3, -0.25) is 4.79 Å². The highest BCUT2D eigenvalue weighted by Crippen LogP contribution is 2.54. The third kappa shape index (κ3) is 3.03. The predicted molar refractivity (Wildman–Crippen MR) is 53.2 cm³/mol. The van der Waals surface area contributed by atoms with Gasteiger partial charge in [0.05, 0.1) is 5.92 Å². The number of carboxylic acids is 1. The molecule has 0 aromatic heterocycles. The summed E-state index contributed by atoms with van der Waals surface area (Å²) in [5, 5.41) is 8.78. The summed E-state index contributed by atoms with van der Waals surface area (Å²) in [4.78, 5) is 10.8. The predicted octanol–water partition coefficient (Wildman–Crippen LogP) is 3.78. The fourth-order valence-corrected chi connectivity index (χ4v) is 2.21. The molecule has 0 radical (unpaired) electrons. The lowest BCUT2D eigenvalue weighted by molar-refractivity contribution is -0.174. The molecule has 0 aromatic rings. The molecule has 0 bridgehead atoms. The maximum absolute atomic E-state index is 12.3. The molecule has 1 fully saturated rings. The second kappa shape index (κ2) is 4.42. The summed E-state index contributed by atoms with van der Waals surface area (Å²) in [7, 11) is 0. The van der Waals surface area contributed by atoms with Crippen molar-refractivity contribution >= 4 is 5.97 Å². The van der Waals surface area contributed by atoms with E-state index >= 15 is 0 Å². The molecule has 1 N–H and O–H groups in total. The van der Waals surface area contributed by atoms with E-state index in [4.69, 9.17) is 5.11 Å². The van der Waals surface area contributed by atoms with Crippen molar-refractivity contribution in [3.05, 3.63) is 11.6 Å². The van der Waals surface area contributed by atoms with Crippen molar-refractivity contribution in [2.75, 3.05) is 0 Å². The number of halogens is 6. The number of rotatable bonds is 2. The van der Waals surface area contributed by atoms with Gasteiger partial charge in [0.15, 0.2) is 0 Å². The third-order valence-corrected chi connectivity index (χ3v) is 3.62. The van der Waals surface area contributed by atoms with E-state index in [-0.39, 0.29) is 12.5 Å². The molecule has 0 amide bonds. The zero-order chi connectivity index (χ0) is 15.2. The van der Waals surface area contributed by atoms with Crippen LogP contribution in [-0.4, -0.2) is 23.4 Å². The van der Waals surface area contributed by atoms with Crippen LogP contribution < -0.4 is 0 Å². The van der Waals surface area contributed by atoms with E-state index in [0.717, 1.165) is 0 Å². The maximum atomic E-state index is 12.3. The molecule has 1 aliphatic rings. The topological polar surface area (TPSA) is 37.3 Å². The number of alkyl halides is 6. The van der Waals surface area contributed by atoms with Crippen LogP contribution in [0.4, 0.5) is 26.3 Å². The summed E-state index contributed by atoms with van der Waals surface area (Å²) >= 11 is 0. The van der Waals surface area contributed by atoms with E-state index < -0.39 is 41.1 Å². The van der Waals surface area contributed by atoms with Crippen LogP contribution in [0, 0.1) is 17.3 Å². The quantitative estimate of drug-likeness (QED) is 0.620. The highest BCUT2D eigenvalue weighted by molar-refractivity contribution is 5.72. The Labute approximate surface area is 105 Å². The van der Waals surface area contributed by atoms with E-state index in [1.54, 1.807) is 0 Å². The number of carboxylic acid groups (broad SMARTS) is 1. The number of allylic oxidation sites excluding steroid dienone is 2. The molecule has 0 spiro atoms. The summed E-state index contributed by atoms with van der Waals surface area (Å²) in [6, 6.07) is 0. The second-order valence-electron chi connectivity index (χ2n) is 5.13. The van der Waals surface area contributed by atoms with Gasteiger partial charge in [0, 0.05) is 0 Å². The van der Waals surface area contributed by atoms with Gasteiger partial charge < -0.3 is 5.11 Å². The molecule has 0 heterocycles. The SMILES string of the molecule is CC1(C)C(C=C(C(F)(F)F)C(F)(F)F)CC1C(=O)O. The Morgan fingerprint density at radius 1 is 1.16 bits per heavy atom. The number of carbonyl (C=O) groups is 1. The first-order valence-corrected chi connectivity index (χ1v) is 5.37. The van der Waals surface area contributed by atoms with E-state index in [0.29, 0.717) is 0 Å². The molecular formula is C11H12F6O2. The van der Waals surface area contributed by atoms with E-state index in [9.17, 15) is 31.1 Å². The monoisotopic (exact) mass is 290 g/mol. The van der Waals surface area contributed by atoms with Crippen LogP contribution in [0.25, 0.3) is 0 Å². The molecule has 2 atom stereocenters. The lowest BCUT2D eigenvalue weighted by Crippen LogP contribution is -2.48. The van der Waals surface area contributed by atoms with Gasteiger partial charge >= 0.3 is 18.3 Å². The van der Waals surface area contributed by atoms with E-state index in [2.05, 4.69) is 0 Å². The summed E-state index contributed by atoms with van der Waals surface area (Å²) in [5.74, 6) is -3.21. The van der Waals surface area contributed by atoms with Gasteiger partial charge in [0.25, 0.3) is 0 Å². The summed E-state index contributed by atoms with van der Waals surface area (Å²) in [5.41, 5.74) is -3.70. The average Bonchev–Trinajstić information content (AvgIpc) is 2.10. The number of aliphatic carboxylic acids is 1. The maximum Gasteiger partial charge on any atom is 0.421 e. The summed E-state index contributed by atoms with van der Waals surface area (Å²) in [6.45, 7) is 2.70. The highest BCUT2D eigenvalue weighted by atomic mass is 19.4. The fourth-order valence-electron chi connectivity index (χ4n) is 2.21. The zero-order valence-corrected chi connectivity index (χ0v) is 10.1. The Morgan fingerprint density at radius 3 is 1.84 bits per heavy atom. The summed E-state index contributed by atoms with van der Waals surface area (Å²) in [6.07, 6.45) is -11.1. The Hall–Kier alpha value is -1.21. The Balaban J connectivity index is 3.05. The zero-order valence-electron chi connectivity index (χ0n) is 10.1. The Kier molecular flexibility index (Phi) is 3.68. The molecule has 1 rings (SSSR count). The van der Waals surface area contributed by atoms with Crippen LogP contribution in [0.3, 0.4) is 0 Å². The first-order chi connectivity index (χ1) is 8.28. The highest BCUT2D eigenvalue weighted by Gasteiger charge is 2.56. The van der Waals surface area contributed by atoms with Crippen molar-refractivity contribution in [3.63, 3.8) is 0 Å². The van der Waals surface area contributed by atoms with E-state index in [1.807, 2.05) is 0 Å². The molecule has 8 heteroatoms. The van der Waals surface area contributed by atoms with Crippen LogP contribution >= 0.6 is 0 Å². The van der Waals surface area contributed by atoms with Crippen LogP contribution in [0.5, 0.6) is 0 Å². The summed E-state index contributed by atoms with van der Waals surface area (Å²) < 4.78 is 74.0. The van der Waals surface area contributed by atoms with Gasteiger partial charge in [-0.1, -0.05) is 19.9 Å². The van der Waals surface area contributed by atoms with Crippen molar-refractivity contribution in [2.24, 2.45) is 17.3 Å². The minimum Gasteiger partial charge on any atom is -0.481 e. The largest absolute Gasteiger partial charge is 0.481 e. The van der Waals surface area contributed by atoms with Gasteiger partial charge in [-0.05, 0) is 17.8 Å². The molecule has 110 valence electrons. The van der Waals surface area contributed by atoms with Gasteiger partial charge in [-0.2, -0.15) is 26.3 Å². The van der Waals surface area contributed by atoms with Crippen LogP contribution in [-0.2, 0) is 4.79 Å². The lowest BCUT2D eigenvalue weighted by Gasteiger charge is -2.49. The normalized spacial score (nSPS) is 26.5. The first kappa shape index (κ1) is 15.8. The molecular weight excluding hydrogens is 278 g/mol. The lowest BCUT2D eigenvalue weighted by atomic mass is 9.54. The molecule has 2 unspecified atom stereocenters. The second-order valence-corrected chi connectivity index (χ2v) is 5.13. The van der Waals surface area contributed by atoms with E-state index in [1.165, 1.54) is 13.8 Å². The van der Waals surface area contributed by atoms with Gasteiger partial charge in [0.1, 0.15) is 5.57 Å². The first-order valence-electron chi connectivity index (χ1n) is 5.37. The third-order valence-electron chi connectivity index (χ3n) is 3.62. The van der Waals surface area contributed by atoms with Crippen molar-refractivity contribution in [2.45, 2.75) is 32.6 Å². The average molecular weight is 290 g/mol.